The van der Waals surface area contributed by atoms with Crippen molar-refractivity contribution in [3.63, 3.8) is 0 Å². The number of para-hydroxylation sites is 1. The molecule has 0 bridgehead atoms. The predicted molar refractivity (Wildman–Crippen MR) is 101 cm³/mol. The van der Waals surface area contributed by atoms with Crippen molar-refractivity contribution in [3.8, 4) is 16.9 Å². The number of hydrogen-bond donors (Lipinski definition) is 3. The first kappa shape index (κ1) is 17.4. The summed E-state index contributed by atoms with van der Waals surface area (Å²) in [5.41, 5.74) is 3.61. The standard InChI is InChI=1S/C20H21N5O2/c26-17-10-18(22-12-17)20(27)23-11-15-13-25(16-4-2-1-3-5-16)24-19(15)14-6-8-21-9-7-14/h1-9,13,17-18,22,26H,10-12H2,(H,23,27)/t17-,18-/m1/s1. The van der Waals surface area contributed by atoms with Gasteiger partial charge in [0.2, 0.25) is 5.91 Å². The van der Waals surface area contributed by atoms with E-state index < -0.39 is 6.10 Å². The maximum Gasteiger partial charge on any atom is 0.237 e. The minimum absolute atomic E-state index is 0.111. The van der Waals surface area contributed by atoms with Gasteiger partial charge in [-0.3, -0.25) is 9.78 Å². The molecule has 1 fully saturated rings. The summed E-state index contributed by atoms with van der Waals surface area (Å²) in [6, 6.07) is 13.3. The van der Waals surface area contributed by atoms with E-state index in [1.165, 1.54) is 0 Å². The van der Waals surface area contributed by atoms with E-state index >= 15 is 0 Å². The number of pyridine rings is 1. The van der Waals surface area contributed by atoms with Gasteiger partial charge in [0, 0.05) is 42.8 Å². The van der Waals surface area contributed by atoms with Crippen molar-refractivity contribution < 1.29 is 9.90 Å². The Balaban J connectivity index is 1.58. The first-order valence-electron chi connectivity index (χ1n) is 8.94. The third-order valence-electron chi connectivity index (χ3n) is 4.64. The number of aromatic nitrogens is 3. The second kappa shape index (κ2) is 7.69. The molecule has 3 N–H and O–H groups in total. The fourth-order valence-corrected chi connectivity index (χ4v) is 3.23. The summed E-state index contributed by atoms with van der Waals surface area (Å²) >= 11 is 0. The average molecular weight is 363 g/mol. The van der Waals surface area contributed by atoms with Crippen LogP contribution in [-0.2, 0) is 11.3 Å². The van der Waals surface area contributed by atoms with Crippen molar-refractivity contribution in [2.45, 2.75) is 25.1 Å². The van der Waals surface area contributed by atoms with Crippen LogP contribution >= 0.6 is 0 Å². The van der Waals surface area contributed by atoms with Gasteiger partial charge in [0.1, 0.15) is 0 Å². The Morgan fingerprint density at radius 1 is 1.22 bits per heavy atom. The van der Waals surface area contributed by atoms with Gasteiger partial charge in [-0.05, 0) is 30.7 Å². The molecular formula is C20H21N5O2. The van der Waals surface area contributed by atoms with E-state index in [4.69, 9.17) is 5.10 Å². The van der Waals surface area contributed by atoms with Crippen LogP contribution in [0.15, 0.2) is 61.1 Å². The lowest BCUT2D eigenvalue weighted by molar-refractivity contribution is -0.123. The number of nitrogens with zero attached hydrogens (tertiary/aromatic N) is 3. The molecule has 0 aliphatic carbocycles. The van der Waals surface area contributed by atoms with Crippen molar-refractivity contribution in [2.75, 3.05) is 6.54 Å². The van der Waals surface area contributed by atoms with E-state index in [-0.39, 0.29) is 11.9 Å². The van der Waals surface area contributed by atoms with Crippen molar-refractivity contribution in [1.82, 2.24) is 25.4 Å². The van der Waals surface area contributed by atoms with Gasteiger partial charge in [-0.1, -0.05) is 18.2 Å². The predicted octanol–water partition coefficient (Wildman–Crippen LogP) is 1.27. The molecule has 27 heavy (non-hydrogen) atoms. The topological polar surface area (TPSA) is 92.1 Å². The Bertz CT molecular complexity index is 911. The second-order valence-corrected chi connectivity index (χ2v) is 6.59. The average Bonchev–Trinajstić information content (AvgIpc) is 3.34. The normalized spacial score (nSPS) is 19.1. The van der Waals surface area contributed by atoms with Gasteiger partial charge in [-0.2, -0.15) is 5.10 Å². The molecule has 1 aromatic carbocycles. The molecule has 0 saturated carbocycles. The summed E-state index contributed by atoms with van der Waals surface area (Å²) in [7, 11) is 0. The number of rotatable bonds is 5. The van der Waals surface area contributed by atoms with E-state index in [0.29, 0.717) is 19.5 Å². The fraction of sp³-hybridized carbons (Fsp3) is 0.250. The SMILES string of the molecule is O=C(NCc1cn(-c2ccccc2)nc1-c1ccncc1)[C@H]1C[C@@H](O)CN1. The molecule has 0 spiro atoms. The van der Waals surface area contributed by atoms with Crippen LogP contribution in [0.5, 0.6) is 0 Å². The van der Waals surface area contributed by atoms with Gasteiger partial charge in [-0.15, -0.1) is 0 Å². The van der Waals surface area contributed by atoms with Crippen molar-refractivity contribution in [2.24, 2.45) is 0 Å². The summed E-state index contributed by atoms with van der Waals surface area (Å²) < 4.78 is 1.81. The van der Waals surface area contributed by atoms with Crippen molar-refractivity contribution in [1.29, 1.82) is 0 Å². The highest BCUT2D eigenvalue weighted by atomic mass is 16.3. The second-order valence-electron chi connectivity index (χ2n) is 6.59. The molecule has 0 radical (unpaired) electrons. The number of carbonyl (C=O) groups excluding carboxylic acids is 1. The molecule has 138 valence electrons. The monoisotopic (exact) mass is 363 g/mol. The Morgan fingerprint density at radius 2 is 2.00 bits per heavy atom. The van der Waals surface area contributed by atoms with Gasteiger partial charge in [0.05, 0.1) is 23.5 Å². The third-order valence-corrected chi connectivity index (χ3v) is 4.64. The summed E-state index contributed by atoms with van der Waals surface area (Å²) in [6.07, 6.45) is 5.36. The van der Waals surface area contributed by atoms with Crippen molar-refractivity contribution >= 4 is 5.91 Å². The largest absolute Gasteiger partial charge is 0.392 e. The zero-order valence-electron chi connectivity index (χ0n) is 14.7. The van der Waals surface area contributed by atoms with E-state index in [1.807, 2.05) is 53.3 Å². The smallest absolute Gasteiger partial charge is 0.237 e. The third kappa shape index (κ3) is 3.89. The molecule has 4 rings (SSSR count). The highest BCUT2D eigenvalue weighted by Gasteiger charge is 2.28. The van der Waals surface area contributed by atoms with Crippen LogP contribution in [0.2, 0.25) is 0 Å². The quantitative estimate of drug-likeness (QED) is 0.635. The summed E-state index contributed by atoms with van der Waals surface area (Å²) in [6.45, 7) is 0.809. The van der Waals surface area contributed by atoms with E-state index in [2.05, 4.69) is 15.6 Å². The number of β-amino-alcohol motifs (C(OH)–C–C–N with tert-alkyl or cyclic N) is 1. The highest BCUT2D eigenvalue weighted by Crippen LogP contribution is 2.23. The molecule has 1 aliphatic rings. The summed E-state index contributed by atoms with van der Waals surface area (Å²) in [4.78, 5) is 16.4. The highest BCUT2D eigenvalue weighted by molar-refractivity contribution is 5.82. The molecule has 1 amide bonds. The summed E-state index contributed by atoms with van der Waals surface area (Å²) in [5, 5.41) is 20.3. The first-order chi connectivity index (χ1) is 13.2. The number of nitrogens with one attached hydrogen (secondary N) is 2. The summed E-state index contributed by atoms with van der Waals surface area (Å²) in [5.74, 6) is -0.111. The lowest BCUT2D eigenvalue weighted by atomic mass is 10.1. The minimum Gasteiger partial charge on any atom is -0.392 e. The lowest BCUT2D eigenvalue weighted by Gasteiger charge is -2.11. The number of aliphatic hydroxyl groups is 1. The lowest BCUT2D eigenvalue weighted by Crippen LogP contribution is -2.40. The first-order valence-corrected chi connectivity index (χ1v) is 8.94. The number of amides is 1. The maximum atomic E-state index is 12.4. The molecular weight excluding hydrogens is 342 g/mol. The number of aliphatic hydroxyl groups excluding tert-OH is 1. The Hall–Kier alpha value is -3.03. The van der Waals surface area contributed by atoms with E-state index in [0.717, 1.165) is 22.5 Å². The Kier molecular flexibility index (Phi) is 4.95. The maximum absolute atomic E-state index is 12.4. The van der Waals surface area contributed by atoms with E-state index in [1.54, 1.807) is 12.4 Å². The van der Waals surface area contributed by atoms with Gasteiger partial charge in [0.25, 0.3) is 0 Å². The van der Waals surface area contributed by atoms with Crippen LogP contribution in [0, 0.1) is 0 Å². The molecule has 3 heterocycles. The number of benzene rings is 1. The molecule has 1 aliphatic heterocycles. The van der Waals surface area contributed by atoms with Crippen molar-refractivity contribution in [3.05, 3.63) is 66.6 Å². The molecule has 1 saturated heterocycles. The molecule has 7 heteroatoms. The molecule has 0 unspecified atom stereocenters. The fourth-order valence-electron chi connectivity index (χ4n) is 3.23. The van der Waals surface area contributed by atoms with Gasteiger partial charge >= 0.3 is 0 Å². The van der Waals surface area contributed by atoms with Gasteiger partial charge in [0.15, 0.2) is 0 Å². The van der Waals surface area contributed by atoms with E-state index in [9.17, 15) is 9.90 Å². The number of hydrogen-bond acceptors (Lipinski definition) is 5. The molecule has 2 aromatic heterocycles. The zero-order chi connectivity index (χ0) is 18.6. The Labute approximate surface area is 157 Å². The van der Waals surface area contributed by atoms with Gasteiger partial charge < -0.3 is 15.7 Å². The van der Waals surface area contributed by atoms with Crippen LogP contribution in [0.1, 0.15) is 12.0 Å². The van der Waals surface area contributed by atoms with Crippen LogP contribution in [-0.4, -0.2) is 44.5 Å². The zero-order valence-corrected chi connectivity index (χ0v) is 14.7. The van der Waals surface area contributed by atoms with Crippen LogP contribution in [0.25, 0.3) is 16.9 Å². The molecule has 7 nitrogen and oxygen atoms in total. The molecule has 3 aromatic rings. The van der Waals surface area contributed by atoms with Crippen LogP contribution < -0.4 is 10.6 Å². The number of carbonyl (C=O) groups is 1. The van der Waals surface area contributed by atoms with Gasteiger partial charge in [-0.25, -0.2) is 4.68 Å². The Morgan fingerprint density at radius 3 is 2.70 bits per heavy atom. The van der Waals surface area contributed by atoms with Crippen LogP contribution in [0.4, 0.5) is 0 Å². The minimum atomic E-state index is -0.464. The van der Waals surface area contributed by atoms with Crippen LogP contribution in [0.3, 0.4) is 0 Å². The molecule has 2 atom stereocenters.